The molecule has 0 spiro atoms. The maximum absolute atomic E-state index is 11.7. The third kappa shape index (κ3) is 4.64. The van der Waals surface area contributed by atoms with Gasteiger partial charge in [0.15, 0.2) is 4.34 Å². The van der Waals surface area contributed by atoms with Crippen molar-refractivity contribution in [3.63, 3.8) is 0 Å². The van der Waals surface area contributed by atoms with Crippen LogP contribution in [0.15, 0.2) is 28.6 Å². The number of carbonyl (C=O) groups excluding carboxylic acids is 1. The number of urea groups is 1. The number of benzene rings is 1. The average molecular weight is 331 g/mol. The number of anilines is 2. The van der Waals surface area contributed by atoms with E-state index in [1.165, 1.54) is 23.1 Å². The molecule has 0 aliphatic heterocycles. The lowest BCUT2D eigenvalue weighted by Gasteiger charge is -2.04. The standard InChI is InChI=1S/C11H11ClN4O2S2/c12-7-1-3-8(4-2-7)13-9(18)14-10-15-16-11(20-10)19-6-5-17/h1-4,17H,5-6H2,(H2,13,14,15,18). The van der Waals surface area contributed by atoms with Gasteiger partial charge in [-0.2, -0.15) is 0 Å². The number of aromatic nitrogens is 2. The number of amides is 2. The molecule has 0 radical (unpaired) electrons. The van der Waals surface area contributed by atoms with E-state index in [0.717, 1.165) is 0 Å². The second kappa shape index (κ2) is 7.44. The summed E-state index contributed by atoms with van der Waals surface area (Å²) in [5.41, 5.74) is 0.631. The first kappa shape index (κ1) is 15.0. The number of rotatable bonds is 5. The van der Waals surface area contributed by atoms with Crippen LogP contribution < -0.4 is 10.6 Å². The fraction of sp³-hybridized carbons (Fsp3) is 0.182. The van der Waals surface area contributed by atoms with E-state index in [1.54, 1.807) is 24.3 Å². The van der Waals surface area contributed by atoms with Gasteiger partial charge in [-0.1, -0.05) is 34.7 Å². The van der Waals surface area contributed by atoms with Crippen molar-refractivity contribution >= 4 is 51.5 Å². The molecule has 9 heteroatoms. The van der Waals surface area contributed by atoms with Gasteiger partial charge in [0.25, 0.3) is 0 Å². The lowest BCUT2D eigenvalue weighted by molar-refractivity contribution is 0.262. The van der Waals surface area contributed by atoms with E-state index < -0.39 is 6.03 Å². The van der Waals surface area contributed by atoms with Crippen molar-refractivity contribution in [2.24, 2.45) is 0 Å². The molecule has 0 aliphatic carbocycles. The van der Waals surface area contributed by atoms with Gasteiger partial charge in [0.05, 0.1) is 6.61 Å². The van der Waals surface area contributed by atoms with E-state index in [1.807, 2.05) is 0 Å². The zero-order valence-electron chi connectivity index (χ0n) is 10.2. The first-order chi connectivity index (χ1) is 9.67. The van der Waals surface area contributed by atoms with Crippen molar-refractivity contribution < 1.29 is 9.90 Å². The highest BCUT2D eigenvalue weighted by Gasteiger charge is 2.08. The van der Waals surface area contributed by atoms with Gasteiger partial charge in [-0.15, -0.1) is 10.2 Å². The van der Waals surface area contributed by atoms with Crippen molar-refractivity contribution in [1.82, 2.24) is 10.2 Å². The minimum Gasteiger partial charge on any atom is -0.396 e. The van der Waals surface area contributed by atoms with E-state index in [0.29, 0.717) is 25.9 Å². The Morgan fingerprint density at radius 1 is 1.30 bits per heavy atom. The van der Waals surface area contributed by atoms with Crippen molar-refractivity contribution in [2.75, 3.05) is 23.0 Å². The zero-order chi connectivity index (χ0) is 14.4. The molecule has 0 aliphatic rings. The van der Waals surface area contributed by atoms with E-state index in [-0.39, 0.29) is 6.61 Å². The number of nitrogens with zero attached hydrogens (tertiary/aromatic N) is 2. The minimum atomic E-state index is -0.401. The predicted octanol–water partition coefficient (Wildman–Crippen LogP) is 2.92. The summed E-state index contributed by atoms with van der Waals surface area (Å²) in [4.78, 5) is 11.7. The first-order valence-electron chi connectivity index (χ1n) is 5.58. The first-order valence-corrected chi connectivity index (χ1v) is 7.76. The molecule has 1 aromatic carbocycles. The van der Waals surface area contributed by atoms with Crippen molar-refractivity contribution in [3.05, 3.63) is 29.3 Å². The predicted molar refractivity (Wildman–Crippen MR) is 81.8 cm³/mol. The van der Waals surface area contributed by atoms with Gasteiger partial charge in [0.1, 0.15) is 0 Å². The van der Waals surface area contributed by atoms with Gasteiger partial charge in [-0.05, 0) is 24.3 Å². The number of thioether (sulfide) groups is 1. The third-order valence-electron chi connectivity index (χ3n) is 2.05. The fourth-order valence-corrected chi connectivity index (χ4v) is 2.93. The molecule has 1 aromatic heterocycles. The van der Waals surface area contributed by atoms with Gasteiger partial charge in [0.2, 0.25) is 5.13 Å². The third-order valence-corrected chi connectivity index (χ3v) is 4.25. The van der Waals surface area contributed by atoms with Gasteiger partial charge in [0, 0.05) is 16.5 Å². The largest absolute Gasteiger partial charge is 0.396 e. The molecule has 20 heavy (non-hydrogen) atoms. The number of halogens is 1. The van der Waals surface area contributed by atoms with Crippen LogP contribution in [0.3, 0.4) is 0 Å². The lowest BCUT2D eigenvalue weighted by atomic mass is 10.3. The maximum Gasteiger partial charge on any atom is 0.325 e. The van der Waals surface area contributed by atoms with Crippen LogP contribution in [0.4, 0.5) is 15.6 Å². The summed E-state index contributed by atoms with van der Waals surface area (Å²) in [7, 11) is 0. The molecule has 0 atom stereocenters. The van der Waals surface area contributed by atoms with Crippen LogP contribution in [0.1, 0.15) is 0 Å². The van der Waals surface area contributed by atoms with E-state index >= 15 is 0 Å². The van der Waals surface area contributed by atoms with Crippen molar-refractivity contribution in [3.8, 4) is 0 Å². The van der Waals surface area contributed by atoms with Crippen LogP contribution in [0.25, 0.3) is 0 Å². The maximum atomic E-state index is 11.7. The SMILES string of the molecule is O=C(Nc1ccc(Cl)cc1)Nc1nnc(SCCO)s1. The summed E-state index contributed by atoms with van der Waals surface area (Å²) in [6.07, 6.45) is 0. The Labute approximate surface area is 128 Å². The van der Waals surface area contributed by atoms with Crippen LogP contribution in [0, 0.1) is 0 Å². The fourth-order valence-electron chi connectivity index (χ4n) is 1.24. The highest BCUT2D eigenvalue weighted by molar-refractivity contribution is 8.01. The van der Waals surface area contributed by atoms with Gasteiger partial charge >= 0.3 is 6.03 Å². The molecular weight excluding hydrogens is 320 g/mol. The monoisotopic (exact) mass is 330 g/mol. The molecule has 1 heterocycles. The number of hydrogen-bond donors (Lipinski definition) is 3. The Morgan fingerprint density at radius 2 is 2.05 bits per heavy atom. The molecule has 0 bridgehead atoms. The van der Waals surface area contributed by atoms with E-state index in [4.69, 9.17) is 16.7 Å². The Morgan fingerprint density at radius 3 is 2.75 bits per heavy atom. The van der Waals surface area contributed by atoms with Gasteiger partial charge in [-0.25, -0.2) is 4.79 Å². The molecule has 6 nitrogen and oxygen atoms in total. The molecule has 0 saturated heterocycles. The molecular formula is C11H11ClN4O2S2. The summed E-state index contributed by atoms with van der Waals surface area (Å²) >= 11 is 8.39. The molecule has 3 N–H and O–H groups in total. The average Bonchev–Trinajstić information content (AvgIpc) is 2.86. The highest BCUT2D eigenvalue weighted by atomic mass is 35.5. The topological polar surface area (TPSA) is 87.1 Å². The van der Waals surface area contributed by atoms with Crippen LogP contribution in [0.2, 0.25) is 5.02 Å². The molecule has 0 unspecified atom stereocenters. The van der Waals surface area contributed by atoms with Crippen molar-refractivity contribution in [2.45, 2.75) is 4.34 Å². The Balaban J connectivity index is 1.87. The van der Waals surface area contributed by atoms with Gasteiger partial charge in [-0.3, -0.25) is 5.32 Å². The summed E-state index contributed by atoms with van der Waals surface area (Å²) in [5.74, 6) is 0.547. The number of aliphatic hydroxyl groups excluding tert-OH is 1. The summed E-state index contributed by atoms with van der Waals surface area (Å²) < 4.78 is 0.695. The summed E-state index contributed by atoms with van der Waals surface area (Å²) in [5, 5.41) is 22.7. The van der Waals surface area contributed by atoms with E-state index in [2.05, 4.69) is 20.8 Å². The van der Waals surface area contributed by atoms with E-state index in [9.17, 15) is 4.79 Å². The smallest absolute Gasteiger partial charge is 0.325 e. The quantitative estimate of drug-likeness (QED) is 0.579. The number of hydrogen-bond acceptors (Lipinski definition) is 6. The van der Waals surface area contributed by atoms with Gasteiger partial charge < -0.3 is 10.4 Å². The van der Waals surface area contributed by atoms with Crippen LogP contribution in [0.5, 0.6) is 0 Å². The molecule has 2 aromatic rings. The normalized spacial score (nSPS) is 10.3. The molecule has 2 rings (SSSR count). The summed E-state index contributed by atoms with van der Waals surface area (Å²) in [6, 6.07) is 6.37. The Bertz CT molecular complexity index is 576. The van der Waals surface area contributed by atoms with Crippen molar-refractivity contribution in [1.29, 1.82) is 0 Å². The molecule has 2 amide bonds. The number of nitrogens with one attached hydrogen (secondary N) is 2. The van der Waals surface area contributed by atoms with Crippen LogP contribution in [-0.4, -0.2) is 33.7 Å². The Kier molecular flexibility index (Phi) is 5.60. The Hall–Kier alpha value is -1.35. The molecule has 106 valence electrons. The highest BCUT2D eigenvalue weighted by Crippen LogP contribution is 2.25. The number of carbonyl (C=O) groups is 1. The summed E-state index contributed by atoms with van der Waals surface area (Å²) in [6.45, 7) is 0.0735. The lowest BCUT2D eigenvalue weighted by Crippen LogP contribution is -2.19. The zero-order valence-corrected chi connectivity index (χ0v) is 12.6. The van der Waals surface area contributed by atoms with Crippen LogP contribution in [-0.2, 0) is 0 Å². The molecule has 0 saturated carbocycles. The second-order valence-corrected chi connectivity index (χ2v) is 6.29. The second-order valence-electron chi connectivity index (χ2n) is 3.53. The van der Waals surface area contributed by atoms with Crippen LogP contribution >= 0.6 is 34.7 Å². The minimum absolute atomic E-state index is 0.0735. The molecule has 0 fully saturated rings. The number of aliphatic hydroxyl groups is 1.